The molecule has 0 aliphatic rings. The van der Waals surface area contributed by atoms with Crippen LogP contribution in [-0.2, 0) is 10.1 Å². The first-order chi connectivity index (χ1) is 10.7. The number of phenols is 1. The molecular formula is C14H12N2O6S. The highest BCUT2D eigenvalue weighted by Gasteiger charge is 2.12. The van der Waals surface area contributed by atoms with Crippen molar-refractivity contribution in [3.63, 3.8) is 0 Å². The number of carbonyl (C=O) groups is 1. The van der Waals surface area contributed by atoms with Crippen LogP contribution in [0.4, 0.5) is 11.4 Å². The number of aryl methyl sites for hydroxylation is 1. The summed E-state index contributed by atoms with van der Waals surface area (Å²) in [5.41, 5.74) is 0.710. The van der Waals surface area contributed by atoms with Gasteiger partial charge in [0.05, 0.1) is 16.3 Å². The second-order valence-electron chi connectivity index (χ2n) is 4.63. The number of azo groups is 1. The Morgan fingerprint density at radius 2 is 1.78 bits per heavy atom. The average Bonchev–Trinajstić information content (AvgIpc) is 2.46. The van der Waals surface area contributed by atoms with E-state index < -0.39 is 16.1 Å². The molecule has 0 radical (unpaired) electrons. The second-order valence-corrected chi connectivity index (χ2v) is 6.05. The van der Waals surface area contributed by atoms with Crippen LogP contribution in [-0.4, -0.2) is 29.2 Å². The maximum absolute atomic E-state index is 11.0. The molecular weight excluding hydrogens is 324 g/mol. The molecule has 0 atom stereocenters. The number of carboxylic acid groups (broad SMARTS) is 1. The molecule has 2 aromatic carbocycles. The van der Waals surface area contributed by atoms with Gasteiger partial charge in [-0.1, -0.05) is 0 Å². The van der Waals surface area contributed by atoms with E-state index in [4.69, 9.17) is 9.66 Å². The molecule has 120 valence electrons. The van der Waals surface area contributed by atoms with E-state index >= 15 is 0 Å². The largest absolute Gasteiger partial charge is 0.507 e. The van der Waals surface area contributed by atoms with E-state index in [9.17, 15) is 18.3 Å². The van der Waals surface area contributed by atoms with Gasteiger partial charge in [0, 0.05) is 0 Å². The Bertz CT molecular complexity index is 905. The van der Waals surface area contributed by atoms with Gasteiger partial charge in [0.2, 0.25) is 0 Å². The fourth-order valence-electron chi connectivity index (χ4n) is 1.77. The monoisotopic (exact) mass is 336 g/mol. The zero-order chi connectivity index (χ0) is 17.2. The minimum atomic E-state index is -4.29. The quantitative estimate of drug-likeness (QED) is 0.579. The van der Waals surface area contributed by atoms with E-state index in [0.717, 1.165) is 6.07 Å². The summed E-state index contributed by atoms with van der Waals surface area (Å²) >= 11 is 0. The average molecular weight is 336 g/mol. The molecule has 0 unspecified atom stereocenters. The molecule has 2 aromatic rings. The molecule has 9 heteroatoms. The van der Waals surface area contributed by atoms with Crippen molar-refractivity contribution in [3.8, 4) is 5.75 Å². The summed E-state index contributed by atoms with van der Waals surface area (Å²) in [5, 5.41) is 26.1. The minimum Gasteiger partial charge on any atom is -0.507 e. The van der Waals surface area contributed by atoms with E-state index in [0.29, 0.717) is 11.3 Å². The van der Waals surface area contributed by atoms with E-state index in [1.54, 1.807) is 6.92 Å². The maximum Gasteiger partial charge on any atom is 0.339 e. The molecule has 0 saturated heterocycles. The molecule has 0 fully saturated rings. The third-order valence-corrected chi connectivity index (χ3v) is 3.80. The van der Waals surface area contributed by atoms with Crippen molar-refractivity contribution in [2.45, 2.75) is 11.8 Å². The lowest BCUT2D eigenvalue weighted by Crippen LogP contribution is -1.97. The predicted molar refractivity (Wildman–Crippen MR) is 80.2 cm³/mol. The van der Waals surface area contributed by atoms with Gasteiger partial charge in [-0.2, -0.15) is 18.6 Å². The van der Waals surface area contributed by atoms with Gasteiger partial charge in [-0.15, -0.1) is 0 Å². The molecule has 0 heterocycles. The van der Waals surface area contributed by atoms with Crippen LogP contribution in [0.25, 0.3) is 0 Å². The number of rotatable bonds is 4. The molecule has 0 aliphatic heterocycles. The molecule has 2 rings (SSSR count). The zero-order valence-electron chi connectivity index (χ0n) is 11.8. The third-order valence-electron chi connectivity index (χ3n) is 2.95. The Hall–Kier alpha value is -2.78. The number of aromatic carboxylic acids is 1. The smallest absolute Gasteiger partial charge is 0.339 e. The van der Waals surface area contributed by atoms with Gasteiger partial charge in [-0.25, -0.2) is 4.79 Å². The number of carboxylic acids is 1. The molecule has 0 bridgehead atoms. The minimum absolute atomic E-state index is 0.207. The van der Waals surface area contributed by atoms with Crippen LogP contribution >= 0.6 is 0 Å². The summed E-state index contributed by atoms with van der Waals surface area (Å²) < 4.78 is 31.0. The van der Waals surface area contributed by atoms with Crippen molar-refractivity contribution >= 4 is 27.5 Å². The van der Waals surface area contributed by atoms with Gasteiger partial charge in [0.25, 0.3) is 10.1 Å². The first kappa shape index (κ1) is 16.6. The highest BCUT2D eigenvalue weighted by molar-refractivity contribution is 7.85. The van der Waals surface area contributed by atoms with Crippen LogP contribution in [0.3, 0.4) is 0 Å². The van der Waals surface area contributed by atoms with Crippen molar-refractivity contribution < 1.29 is 28.0 Å². The van der Waals surface area contributed by atoms with E-state index in [1.807, 2.05) is 0 Å². The lowest BCUT2D eigenvalue weighted by Gasteiger charge is -2.03. The molecule has 23 heavy (non-hydrogen) atoms. The molecule has 3 N–H and O–H groups in total. The Labute approximate surface area is 131 Å². The van der Waals surface area contributed by atoms with Crippen molar-refractivity contribution in [1.29, 1.82) is 0 Å². The number of hydrogen-bond donors (Lipinski definition) is 3. The summed E-state index contributed by atoms with van der Waals surface area (Å²) in [6.45, 7) is 1.59. The van der Waals surface area contributed by atoms with Gasteiger partial charge >= 0.3 is 5.97 Å². The molecule has 8 nitrogen and oxygen atoms in total. The summed E-state index contributed by atoms with van der Waals surface area (Å²) in [6, 6.07) is 7.50. The van der Waals surface area contributed by atoms with Crippen molar-refractivity contribution in [2.24, 2.45) is 10.2 Å². The second kappa shape index (κ2) is 6.15. The zero-order valence-corrected chi connectivity index (χ0v) is 12.6. The topological polar surface area (TPSA) is 137 Å². The van der Waals surface area contributed by atoms with Gasteiger partial charge in [0.15, 0.2) is 0 Å². The summed E-state index contributed by atoms with van der Waals surface area (Å²) in [5.74, 6) is -1.68. The summed E-state index contributed by atoms with van der Waals surface area (Å²) in [7, 11) is -4.29. The fourth-order valence-corrected chi connectivity index (χ4v) is 2.34. The van der Waals surface area contributed by atoms with Crippen LogP contribution in [0, 0.1) is 6.92 Å². The normalized spacial score (nSPS) is 11.7. The van der Waals surface area contributed by atoms with Crippen LogP contribution in [0.15, 0.2) is 51.5 Å². The van der Waals surface area contributed by atoms with Crippen molar-refractivity contribution in [2.75, 3.05) is 0 Å². The van der Waals surface area contributed by atoms with Crippen LogP contribution in [0.2, 0.25) is 0 Å². The van der Waals surface area contributed by atoms with Gasteiger partial charge in [0.1, 0.15) is 11.3 Å². The van der Waals surface area contributed by atoms with Gasteiger partial charge < -0.3 is 10.2 Å². The Morgan fingerprint density at radius 1 is 1.09 bits per heavy atom. The predicted octanol–water partition coefficient (Wildman–Crippen LogP) is 3.06. The summed E-state index contributed by atoms with van der Waals surface area (Å²) in [6.07, 6.45) is 0. The number of benzene rings is 2. The highest BCUT2D eigenvalue weighted by Crippen LogP contribution is 2.27. The van der Waals surface area contributed by atoms with Gasteiger partial charge in [-0.3, -0.25) is 4.55 Å². The Morgan fingerprint density at radius 3 is 2.35 bits per heavy atom. The van der Waals surface area contributed by atoms with Crippen LogP contribution < -0.4 is 0 Å². The Balaban J connectivity index is 2.34. The Kier molecular flexibility index (Phi) is 4.43. The van der Waals surface area contributed by atoms with Crippen LogP contribution in [0.5, 0.6) is 5.75 Å². The number of nitrogens with zero attached hydrogens (tertiary/aromatic N) is 2. The standard InChI is InChI=1S/C14H12N2O6S/c1-8-6-10(23(20,21)22)3-4-12(8)16-15-9-2-5-13(17)11(7-9)14(18)19/h2-7,17H,1H3,(H,18,19)(H,20,21,22). The van der Waals surface area contributed by atoms with Crippen molar-refractivity contribution in [1.82, 2.24) is 0 Å². The maximum atomic E-state index is 11.0. The van der Waals surface area contributed by atoms with Crippen LogP contribution in [0.1, 0.15) is 15.9 Å². The fraction of sp³-hybridized carbons (Fsp3) is 0.0714. The molecule has 0 amide bonds. The molecule has 0 saturated carbocycles. The van der Waals surface area contributed by atoms with Gasteiger partial charge in [-0.05, 0) is 48.9 Å². The van der Waals surface area contributed by atoms with E-state index in [-0.39, 0.29) is 21.9 Å². The lowest BCUT2D eigenvalue weighted by atomic mass is 10.2. The van der Waals surface area contributed by atoms with E-state index in [1.165, 1.54) is 30.3 Å². The van der Waals surface area contributed by atoms with Crippen molar-refractivity contribution in [3.05, 3.63) is 47.5 Å². The molecule has 0 spiro atoms. The first-order valence-corrected chi connectivity index (χ1v) is 7.68. The SMILES string of the molecule is Cc1cc(S(=O)(=O)O)ccc1N=Nc1ccc(O)c(C(=O)O)c1. The van der Waals surface area contributed by atoms with E-state index in [2.05, 4.69) is 10.2 Å². The number of hydrogen-bond acceptors (Lipinski definition) is 6. The third kappa shape index (κ3) is 3.90. The lowest BCUT2D eigenvalue weighted by molar-refractivity contribution is 0.0693. The summed E-state index contributed by atoms with van der Waals surface area (Å²) in [4.78, 5) is 10.7. The highest BCUT2D eigenvalue weighted by atomic mass is 32.2. The number of aromatic hydroxyl groups is 1. The molecule has 0 aliphatic carbocycles. The first-order valence-electron chi connectivity index (χ1n) is 6.24. The molecule has 0 aromatic heterocycles.